The lowest BCUT2D eigenvalue weighted by atomic mass is 10.00. The van der Waals surface area contributed by atoms with Crippen LogP contribution in [0.2, 0.25) is 18.1 Å². The van der Waals surface area contributed by atoms with E-state index in [1.165, 1.54) is 7.11 Å². The molecule has 4 nitrogen and oxygen atoms in total. The molecule has 1 unspecified atom stereocenters. The van der Waals surface area contributed by atoms with Gasteiger partial charge in [0.2, 0.25) is 0 Å². The normalized spacial score (nSPS) is 29.4. The van der Waals surface area contributed by atoms with E-state index >= 15 is 0 Å². The van der Waals surface area contributed by atoms with E-state index in [2.05, 4.69) is 39.2 Å². The summed E-state index contributed by atoms with van der Waals surface area (Å²) in [6.07, 6.45) is 0.682. The quantitative estimate of drug-likeness (QED) is 0.586. The summed E-state index contributed by atoms with van der Waals surface area (Å²) in [4.78, 5) is 11.7. The number of carbonyl (C=O) groups is 1. The zero-order valence-corrected chi connectivity index (χ0v) is 13.7. The molecule has 1 rings (SSSR count). The van der Waals surface area contributed by atoms with Crippen molar-refractivity contribution in [1.82, 2.24) is 0 Å². The Balaban J connectivity index is 2.67. The summed E-state index contributed by atoms with van der Waals surface area (Å²) >= 11 is 0. The van der Waals surface area contributed by atoms with Gasteiger partial charge < -0.3 is 14.5 Å². The van der Waals surface area contributed by atoms with Gasteiger partial charge in [0.05, 0.1) is 7.11 Å². The van der Waals surface area contributed by atoms with Crippen LogP contribution in [0.25, 0.3) is 5.32 Å². The first-order chi connectivity index (χ1) is 8.02. The topological polar surface area (TPSA) is 49.6 Å². The summed E-state index contributed by atoms with van der Waals surface area (Å²) in [6.45, 7) is 13.5. The van der Waals surface area contributed by atoms with Gasteiger partial charge >= 0.3 is 0 Å². The summed E-state index contributed by atoms with van der Waals surface area (Å²) in [6, 6.07) is 0. The molecule has 0 aromatic carbocycles. The molecule has 0 N–H and O–H groups in total. The number of esters is 1. The summed E-state index contributed by atoms with van der Waals surface area (Å²) in [7, 11) is -0.382. The summed E-state index contributed by atoms with van der Waals surface area (Å²) in [5, 5.41) is 4.59. The molecule has 18 heavy (non-hydrogen) atoms. The van der Waals surface area contributed by atoms with E-state index in [-0.39, 0.29) is 17.1 Å². The average molecular weight is 272 g/mol. The van der Waals surface area contributed by atoms with Gasteiger partial charge in [0.25, 0.3) is 5.97 Å². The van der Waals surface area contributed by atoms with Crippen molar-refractivity contribution in [2.75, 3.05) is 13.7 Å². The van der Waals surface area contributed by atoms with Gasteiger partial charge in [-0.15, -0.1) is 6.54 Å². The lowest BCUT2D eigenvalue weighted by Gasteiger charge is -2.39. The van der Waals surface area contributed by atoms with E-state index in [1.807, 2.05) is 6.92 Å². The Hall–Kier alpha value is -0.393. The van der Waals surface area contributed by atoms with Crippen molar-refractivity contribution in [3.05, 3.63) is 5.32 Å². The van der Waals surface area contributed by atoms with Crippen LogP contribution < -0.4 is 0 Å². The predicted octanol–water partition coefficient (Wildman–Crippen LogP) is 3.09. The van der Waals surface area contributed by atoms with Gasteiger partial charge in [0.15, 0.2) is 8.32 Å². The minimum absolute atomic E-state index is 0.0509. The highest BCUT2D eigenvalue weighted by Gasteiger charge is 2.41. The standard InChI is InChI=1S/C13H26NO3Si/c1-12(2,3)18(6,7)17-10-8-13(4,14-9-10)11(15)16-5/h10H,8-9H2,1-7H3/q-1/t10-,13?/m1/s1. The number of hydrogen-bond donors (Lipinski definition) is 0. The van der Waals surface area contributed by atoms with Crippen molar-refractivity contribution >= 4 is 14.3 Å². The molecule has 0 amide bonds. The fraction of sp³-hybridized carbons (Fsp3) is 0.923. The molecule has 1 saturated heterocycles. The smallest absolute Gasteiger partial charge is 0.290 e. The molecule has 1 fully saturated rings. The zero-order chi connectivity index (χ0) is 14.2. The van der Waals surface area contributed by atoms with Crippen LogP contribution in [0.1, 0.15) is 34.1 Å². The Kier molecular flexibility index (Phi) is 4.30. The number of ether oxygens (including phenoxy) is 1. The number of carbonyl (C=O) groups excluding carboxylic acids is 1. The Labute approximate surface area is 112 Å². The van der Waals surface area contributed by atoms with Crippen LogP contribution in [0.3, 0.4) is 0 Å². The van der Waals surface area contributed by atoms with Crippen molar-refractivity contribution in [1.29, 1.82) is 0 Å². The minimum atomic E-state index is -1.79. The van der Waals surface area contributed by atoms with Gasteiger partial charge in [-0.2, -0.15) is 0 Å². The van der Waals surface area contributed by atoms with E-state index in [0.29, 0.717) is 13.0 Å². The van der Waals surface area contributed by atoms with Gasteiger partial charge in [0.1, 0.15) is 0 Å². The first-order valence-electron chi connectivity index (χ1n) is 6.47. The largest absolute Gasteiger partial charge is 0.646 e. The number of nitrogens with zero attached hydrogens (tertiary/aromatic N) is 1. The molecule has 106 valence electrons. The van der Waals surface area contributed by atoms with Crippen LogP contribution in [0, 0.1) is 0 Å². The van der Waals surface area contributed by atoms with Crippen LogP contribution in [0.15, 0.2) is 0 Å². The summed E-state index contributed by atoms with van der Waals surface area (Å²) < 4.78 is 11.1. The molecule has 0 bridgehead atoms. The van der Waals surface area contributed by atoms with E-state index in [9.17, 15) is 4.79 Å². The number of methoxy groups -OCH3 is 1. The second-order valence-electron chi connectivity index (χ2n) is 6.81. The maximum atomic E-state index is 11.7. The lowest BCUT2D eigenvalue weighted by Crippen LogP contribution is -2.44. The molecule has 5 heteroatoms. The molecule has 2 atom stereocenters. The highest BCUT2D eigenvalue weighted by Crippen LogP contribution is 2.41. The number of rotatable bonds is 3. The fourth-order valence-corrected chi connectivity index (χ4v) is 3.26. The highest BCUT2D eigenvalue weighted by molar-refractivity contribution is 6.74. The molecule has 1 heterocycles. The van der Waals surface area contributed by atoms with Crippen LogP contribution in [0.4, 0.5) is 0 Å². The molecule has 0 spiro atoms. The Morgan fingerprint density at radius 2 is 1.94 bits per heavy atom. The molecular weight excluding hydrogens is 246 g/mol. The molecule has 0 radical (unpaired) electrons. The molecule has 0 aliphatic carbocycles. The Morgan fingerprint density at radius 1 is 1.39 bits per heavy atom. The van der Waals surface area contributed by atoms with E-state index in [4.69, 9.17) is 9.16 Å². The number of hydrogen-bond acceptors (Lipinski definition) is 3. The van der Waals surface area contributed by atoms with Crippen molar-refractivity contribution in [3.8, 4) is 0 Å². The third kappa shape index (κ3) is 3.13. The fourth-order valence-electron chi connectivity index (χ4n) is 1.92. The third-order valence-corrected chi connectivity index (χ3v) is 8.70. The van der Waals surface area contributed by atoms with Gasteiger partial charge in [-0.25, -0.2) is 0 Å². The van der Waals surface area contributed by atoms with E-state index in [0.717, 1.165) is 0 Å². The predicted molar refractivity (Wildman–Crippen MR) is 75.3 cm³/mol. The first-order valence-corrected chi connectivity index (χ1v) is 9.37. The SMILES string of the molecule is COC(=O)C1(C)C[C@@H](O[Si](C)(C)C(C)(C)C)C[N-]1. The van der Waals surface area contributed by atoms with Crippen molar-refractivity contribution < 1.29 is 14.0 Å². The molecule has 0 aromatic rings. The Bertz CT molecular complexity index is 325. The zero-order valence-electron chi connectivity index (χ0n) is 12.7. The van der Waals surface area contributed by atoms with Crippen LogP contribution in [-0.2, 0) is 14.0 Å². The van der Waals surface area contributed by atoms with E-state index in [1.54, 1.807) is 0 Å². The summed E-state index contributed by atoms with van der Waals surface area (Å²) in [5.74, 6) is -0.260. The van der Waals surface area contributed by atoms with Gasteiger partial charge in [-0.1, -0.05) is 27.7 Å². The second-order valence-corrected chi connectivity index (χ2v) is 11.6. The van der Waals surface area contributed by atoms with Gasteiger partial charge in [0, 0.05) is 6.10 Å². The maximum Gasteiger partial charge on any atom is 0.290 e. The summed E-state index contributed by atoms with van der Waals surface area (Å²) in [5.41, 5.74) is -0.720. The lowest BCUT2D eigenvalue weighted by molar-refractivity contribution is -0.145. The second kappa shape index (κ2) is 4.94. The molecule has 0 saturated carbocycles. The van der Waals surface area contributed by atoms with Crippen LogP contribution >= 0.6 is 0 Å². The monoisotopic (exact) mass is 272 g/mol. The van der Waals surface area contributed by atoms with Crippen LogP contribution in [0.5, 0.6) is 0 Å². The highest BCUT2D eigenvalue weighted by atomic mass is 28.4. The Morgan fingerprint density at radius 3 is 2.39 bits per heavy atom. The first kappa shape index (κ1) is 15.7. The third-order valence-electron chi connectivity index (χ3n) is 4.16. The van der Waals surface area contributed by atoms with Crippen molar-refractivity contribution in [2.45, 2.75) is 63.9 Å². The van der Waals surface area contributed by atoms with Gasteiger partial charge in [-0.05, 0) is 30.1 Å². The molecule has 1 aliphatic rings. The van der Waals surface area contributed by atoms with Gasteiger partial charge in [-0.3, -0.25) is 4.79 Å². The molecule has 0 aromatic heterocycles. The molecule has 1 aliphatic heterocycles. The molecular formula is C13H26NO3Si-. The van der Waals surface area contributed by atoms with Crippen molar-refractivity contribution in [2.24, 2.45) is 0 Å². The average Bonchev–Trinajstić information content (AvgIpc) is 2.58. The van der Waals surface area contributed by atoms with Crippen LogP contribution in [-0.4, -0.2) is 39.6 Å². The van der Waals surface area contributed by atoms with E-state index < -0.39 is 13.9 Å². The minimum Gasteiger partial charge on any atom is -0.646 e. The maximum absolute atomic E-state index is 11.7. The van der Waals surface area contributed by atoms with Crippen molar-refractivity contribution in [3.63, 3.8) is 0 Å².